The summed E-state index contributed by atoms with van der Waals surface area (Å²) in [6, 6.07) is 9.72. The lowest BCUT2D eigenvalue weighted by molar-refractivity contribution is 0.354. The van der Waals surface area contributed by atoms with Gasteiger partial charge in [0.1, 0.15) is 17.6 Å². The monoisotopic (exact) mass is 346 g/mol. The van der Waals surface area contributed by atoms with E-state index in [-0.39, 0.29) is 0 Å². The predicted molar refractivity (Wildman–Crippen MR) is 97.2 cm³/mol. The predicted octanol–water partition coefficient (Wildman–Crippen LogP) is 3.37. The number of benzene rings is 1. The van der Waals surface area contributed by atoms with E-state index in [9.17, 15) is 0 Å². The summed E-state index contributed by atoms with van der Waals surface area (Å²) >= 11 is 0. The molecule has 1 aliphatic rings. The maximum absolute atomic E-state index is 8.97. The van der Waals surface area contributed by atoms with E-state index in [1.165, 1.54) is 5.56 Å². The SMILES string of the molecule is COc1cc2c(cc1OC)-c1c(-c3ccc(C#N)nc3)nc(C)n1CC2. The van der Waals surface area contributed by atoms with Gasteiger partial charge in [0.25, 0.3) is 0 Å². The van der Waals surface area contributed by atoms with Crippen LogP contribution in [0.5, 0.6) is 11.5 Å². The van der Waals surface area contributed by atoms with Crippen LogP contribution in [-0.4, -0.2) is 28.8 Å². The molecule has 0 amide bonds. The fourth-order valence-electron chi connectivity index (χ4n) is 3.49. The molecule has 3 aromatic rings. The fourth-order valence-corrected chi connectivity index (χ4v) is 3.49. The summed E-state index contributed by atoms with van der Waals surface area (Å²) in [5, 5.41) is 8.97. The van der Waals surface area contributed by atoms with Gasteiger partial charge in [-0.1, -0.05) is 0 Å². The third-order valence-corrected chi connectivity index (χ3v) is 4.78. The van der Waals surface area contributed by atoms with Crippen LogP contribution < -0.4 is 9.47 Å². The molecule has 3 heterocycles. The molecule has 0 aliphatic carbocycles. The number of aryl methyl sites for hydroxylation is 2. The zero-order valence-corrected chi connectivity index (χ0v) is 14.9. The Kier molecular flexibility index (Phi) is 3.85. The van der Waals surface area contributed by atoms with Crippen LogP contribution in [-0.2, 0) is 13.0 Å². The molecule has 130 valence electrons. The van der Waals surface area contributed by atoms with Crippen molar-refractivity contribution in [1.29, 1.82) is 5.26 Å². The number of aromatic nitrogens is 3. The normalized spacial score (nSPS) is 12.1. The van der Waals surface area contributed by atoms with Crippen LogP contribution in [0.3, 0.4) is 0 Å². The molecule has 6 heteroatoms. The summed E-state index contributed by atoms with van der Waals surface area (Å²) < 4.78 is 13.2. The molecule has 6 nitrogen and oxygen atoms in total. The molecular formula is C20H18N4O2. The lowest BCUT2D eigenvalue weighted by Gasteiger charge is -2.22. The van der Waals surface area contributed by atoms with E-state index in [1.807, 2.05) is 31.2 Å². The molecule has 0 saturated carbocycles. The summed E-state index contributed by atoms with van der Waals surface area (Å²) in [4.78, 5) is 8.98. The fraction of sp³-hybridized carbons (Fsp3) is 0.250. The van der Waals surface area contributed by atoms with Crippen LogP contribution in [0.1, 0.15) is 17.1 Å². The Bertz CT molecular complexity index is 1030. The van der Waals surface area contributed by atoms with Gasteiger partial charge >= 0.3 is 0 Å². The third-order valence-electron chi connectivity index (χ3n) is 4.78. The molecule has 1 aromatic carbocycles. The quantitative estimate of drug-likeness (QED) is 0.727. The number of nitriles is 1. The van der Waals surface area contributed by atoms with Crippen molar-refractivity contribution in [3.63, 3.8) is 0 Å². The zero-order chi connectivity index (χ0) is 18.3. The second-order valence-electron chi connectivity index (χ2n) is 6.17. The van der Waals surface area contributed by atoms with Gasteiger partial charge in [0, 0.05) is 23.9 Å². The lowest BCUT2D eigenvalue weighted by atomic mass is 9.95. The van der Waals surface area contributed by atoms with E-state index in [0.717, 1.165) is 47.1 Å². The number of ether oxygens (including phenoxy) is 2. The van der Waals surface area contributed by atoms with E-state index < -0.39 is 0 Å². The summed E-state index contributed by atoms with van der Waals surface area (Å²) in [6.45, 7) is 2.87. The largest absolute Gasteiger partial charge is 0.493 e. The van der Waals surface area contributed by atoms with Gasteiger partial charge in [0.2, 0.25) is 0 Å². The molecule has 2 aromatic heterocycles. The van der Waals surface area contributed by atoms with E-state index in [2.05, 4.69) is 9.55 Å². The van der Waals surface area contributed by atoms with Gasteiger partial charge in [0.15, 0.2) is 11.5 Å². The number of pyridine rings is 1. The topological polar surface area (TPSA) is 73.0 Å². The van der Waals surface area contributed by atoms with Crippen molar-refractivity contribution in [3.8, 4) is 40.1 Å². The highest BCUT2D eigenvalue weighted by atomic mass is 16.5. The van der Waals surface area contributed by atoms with Gasteiger partial charge in [0.05, 0.1) is 25.6 Å². The van der Waals surface area contributed by atoms with Gasteiger partial charge in [-0.3, -0.25) is 0 Å². The van der Waals surface area contributed by atoms with Crippen LogP contribution in [0.25, 0.3) is 22.5 Å². The zero-order valence-electron chi connectivity index (χ0n) is 14.9. The van der Waals surface area contributed by atoms with E-state index >= 15 is 0 Å². The Morgan fingerprint density at radius 2 is 1.92 bits per heavy atom. The highest BCUT2D eigenvalue weighted by Gasteiger charge is 2.26. The van der Waals surface area contributed by atoms with Crippen LogP contribution in [0.4, 0.5) is 0 Å². The first-order valence-corrected chi connectivity index (χ1v) is 8.35. The highest BCUT2D eigenvalue weighted by molar-refractivity contribution is 5.83. The molecule has 0 spiro atoms. The van der Waals surface area contributed by atoms with Crippen molar-refractivity contribution in [2.24, 2.45) is 0 Å². The molecule has 0 unspecified atom stereocenters. The maximum Gasteiger partial charge on any atom is 0.161 e. The first-order chi connectivity index (χ1) is 12.7. The number of fused-ring (bicyclic) bond motifs is 3. The number of hydrogen-bond donors (Lipinski definition) is 0. The molecule has 0 fully saturated rings. The van der Waals surface area contributed by atoms with Crippen LogP contribution >= 0.6 is 0 Å². The van der Waals surface area contributed by atoms with Gasteiger partial charge in [-0.25, -0.2) is 9.97 Å². The smallest absolute Gasteiger partial charge is 0.161 e. The molecule has 4 rings (SSSR count). The Hall–Kier alpha value is -3.33. The van der Waals surface area contributed by atoms with Crippen molar-refractivity contribution in [2.45, 2.75) is 19.9 Å². The summed E-state index contributed by atoms with van der Waals surface area (Å²) in [5.74, 6) is 2.39. The number of rotatable bonds is 3. The number of methoxy groups -OCH3 is 2. The molecule has 0 saturated heterocycles. The molecule has 0 atom stereocenters. The highest BCUT2D eigenvalue weighted by Crippen LogP contribution is 2.42. The lowest BCUT2D eigenvalue weighted by Crippen LogP contribution is -2.12. The minimum Gasteiger partial charge on any atom is -0.493 e. The molecule has 26 heavy (non-hydrogen) atoms. The van der Waals surface area contributed by atoms with Crippen LogP contribution in [0.15, 0.2) is 30.5 Å². The Morgan fingerprint density at radius 1 is 1.15 bits per heavy atom. The van der Waals surface area contributed by atoms with Crippen molar-refractivity contribution in [1.82, 2.24) is 14.5 Å². The van der Waals surface area contributed by atoms with Gasteiger partial charge < -0.3 is 14.0 Å². The van der Waals surface area contributed by atoms with Crippen molar-refractivity contribution >= 4 is 0 Å². The Balaban J connectivity index is 1.94. The summed E-state index contributed by atoms with van der Waals surface area (Å²) in [6.07, 6.45) is 2.61. The Labute approximate surface area is 151 Å². The van der Waals surface area contributed by atoms with Gasteiger partial charge in [-0.05, 0) is 43.2 Å². The third kappa shape index (κ3) is 2.40. The summed E-state index contributed by atoms with van der Waals surface area (Å²) in [7, 11) is 3.29. The number of imidazole rings is 1. The molecule has 0 bridgehead atoms. The first kappa shape index (κ1) is 16.2. The van der Waals surface area contributed by atoms with Crippen molar-refractivity contribution in [2.75, 3.05) is 14.2 Å². The van der Waals surface area contributed by atoms with Gasteiger partial charge in [-0.2, -0.15) is 5.26 Å². The summed E-state index contributed by atoms with van der Waals surface area (Å²) in [5.41, 5.74) is 5.50. The van der Waals surface area contributed by atoms with Crippen LogP contribution in [0.2, 0.25) is 0 Å². The van der Waals surface area contributed by atoms with E-state index in [1.54, 1.807) is 26.5 Å². The second-order valence-corrected chi connectivity index (χ2v) is 6.17. The van der Waals surface area contributed by atoms with E-state index in [4.69, 9.17) is 19.7 Å². The molecule has 0 N–H and O–H groups in total. The average Bonchev–Trinajstić information content (AvgIpc) is 3.03. The minimum absolute atomic E-state index is 0.394. The number of nitrogens with zero attached hydrogens (tertiary/aromatic N) is 4. The standard InChI is InChI=1S/C20H18N4O2/c1-12-23-19(14-4-5-15(10-21)22-11-14)20-16-9-18(26-3)17(25-2)8-13(16)6-7-24(12)20/h4-5,8-9,11H,6-7H2,1-3H3. The maximum atomic E-state index is 8.97. The van der Waals surface area contributed by atoms with E-state index in [0.29, 0.717) is 11.4 Å². The minimum atomic E-state index is 0.394. The molecule has 1 aliphatic heterocycles. The second kappa shape index (κ2) is 6.19. The van der Waals surface area contributed by atoms with Crippen molar-refractivity contribution < 1.29 is 9.47 Å². The molecule has 0 radical (unpaired) electrons. The van der Waals surface area contributed by atoms with Crippen LogP contribution in [0, 0.1) is 18.3 Å². The van der Waals surface area contributed by atoms with Gasteiger partial charge in [-0.15, -0.1) is 0 Å². The van der Waals surface area contributed by atoms with Crippen molar-refractivity contribution in [3.05, 3.63) is 47.5 Å². The number of hydrogen-bond acceptors (Lipinski definition) is 5. The Morgan fingerprint density at radius 3 is 2.58 bits per heavy atom. The first-order valence-electron chi connectivity index (χ1n) is 8.35. The average molecular weight is 346 g/mol. The molecular weight excluding hydrogens is 328 g/mol.